The van der Waals surface area contributed by atoms with Crippen molar-refractivity contribution in [1.29, 1.82) is 0 Å². The Morgan fingerprint density at radius 1 is 1.31 bits per heavy atom. The summed E-state index contributed by atoms with van der Waals surface area (Å²) in [5.41, 5.74) is 1.03. The summed E-state index contributed by atoms with van der Waals surface area (Å²) in [4.78, 5) is 0.759. The molecule has 0 atom stereocenters. The van der Waals surface area contributed by atoms with Crippen molar-refractivity contribution in [2.45, 2.75) is 0 Å². The summed E-state index contributed by atoms with van der Waals surface area (Å²) < 4.78 is 0. The van der Waals surface area contributed by atoms with E-state index >= 15 is 0 Å². The van der Waals surface area contributed by atoms with E-state index in [2.05, 4.69) is 5.10 Å². The highest BCUT2D eigenvalue weighted by Gasteiger charge is 1.95. The Labute approximate surface area is 83.9 Å². The molecule has 1 rings (SSSR count). The summed E-state index contributed by atoms with van der Waals surface area (Å²) in [6.07, 6.45) is 1.69. The minimum absolute atomic E-state index is 0.759. The topological polar surface area (TPSA) is 15.6 Å². The predicted octanol–water partition coefficient (Wildman–Crippen LogP) is 1.95. The van der Waals surface area contributed by atoms with Gasteiger partial charge in [0, 0.05) is 14.1 Å². The van der Waals surface area contributed by atoms with Gasteiger partial charge in [-0.1, -0.05) is 42.5 Å². The molecule has 13 heavy (non-hydrogen) atoms. The molecule has 2 nitrogen and oxygen atoms in total. The first-order valence-corrected chi connectivity index (χ1v) is 4.41. The van der Waals surface area contributed by atoms with Crippen molar-refractivity contribution in [2.75, 3.05) is 14.1 Å². The predicted molar refractivity (Wildman–Crippen MR) is 60.3 cm³/mol. The van der Waals surface area contributed by atoms with Crippen LogP contribution in [0.4, 0.5) is 0 Å². The first kappa shape index (κ1) is 9.86. The molecule has 0 saturated heterocycles. The van der Waals surface area contributed by atoms with Gasteiger partial charge < -0.3 is 5.01 Å². The maximum Gasteiger partial charge on any atom is 0.0657 e. The van der Waals surface area contributed by atoms with Gasteiger partial charge in [-0.25, -0.2) is 0 Å². The van der Waals surface area contributed by atoms with Gasteiger partial charge in [-0.2, -0.15) is 5.10 Å². The number of hydrogen-bond acceptors (Lipinski definition) is 3. The van der Waals surface area contributed by atoms with Crippen LogP contribution in [0.25, 0.3) is 0 Å². The fraction of sp³-hybridized carbons (Fsp3) is 0.200. The molecule has 1 aromatic rings. The third kappa shape index (κ3) is 3.34. The van der Waals surface area contributed by atoms with E-state index in [1.807, 2.05) is 44.4 Å². The quantitative estimate of drug-likeness (QED) is 0.315. The first-order valence-electron chi connectivity index (χ1n) is 4.01. The zero-order chi connectivity index (χ0) is 9.68. The molecule has 0 amide bonds. The fourth-order valence-electron chi connectivity index (χ4n) is 0.845. The molecule has 0 aliphatic carbocycles. The van der Waals surface area contributed by atoms with Crippen LogP contribution in [0, 0.1) is 0 Å². The maximum atomic E-state index is 5.16. The highest BCUT2D eigenvalue weighted by molar-refractivity contribution is 7.82. The third-order valence-corrected chi connectivity index (χ3v) is 1.81. The van der Waals surface area contributed by atoms with Crippen molar-refractivity contribution in [3.05, 3.63) is 35.9 Å². The third-order valence-electron chi connectivity index (χ3n) is 1.46. The Morgan fingerprint density at radius 2 is 1.92 bits per heavy atom. The number of hydrazone groups is 1. The molecule has 0 unspecified atom stereocenters. The smallest absolute Gasteiger partial charge is 0.0657 e. The minimum Gasteiger partial charge on any atom is -0.303 e. The zero-order valence-corrected chi connectivity index (χ0v) is 8.58. The van der Waals surface area contributed by atoms with Gasteiger partial charge >= 0.3 is 0 Å². The fourth-order valence-corrected chi connectivity index (χ4v) is 1.03. The van der Waals surface area contributed by atoms with E-state index in [-0.39, 0.29) is 0 Å². The second-order valence-corrected chi connectivity index (χ2v) is 3.26. The summed E-state index contributed by atoms with van der Waals surface area (Å²) in [6, 6.07) is 9.85. The van der Waals surface area contributed by atoms with Crippen molar-refractivity contribution in [2.24, 2.45) is 5.10 Å². The van der Waals surface area contributed by atoms with Crippen molar-refractivity contribution < 1.29 is 0 Å². The van der Waals surface area contributed by atoms with Crippen LogP contribution < -0.4 is 0 Å². The van der Waals surface area contributed by atoms with Gasteiger partial charge in [0.05, 0.1) is 11.1 Å². The van der Waals surface area contributed by atoms with E-state index in [1.165, 1.54) is 0 Å². The highest BCUT2D eigenvalue weighted by atomic mass is 32.1. The van der Waals surface area contributed by atoms with E-state index in [0.29, 0.717) is 0 Å². The largest absolute Gasteiger partial charge is 0.303 e. The zero-order valence-electron chi connectivity index (χ0n) is 7.77. The van der Waals surface area contributed by atoms with Gasteiger partial charge in [0.2, 0.25) is 0 Å². The number of thiocarbonyl (C=S) groups is 1. The molecular formula is C10H12N2S. The van der Waals surface area contributed by atoms with E-state index in [0.717, 1.165) is 10.4 Å². The number of benzene rings is 1. The van der Waals surface area contributed by atoms with Gasteiger partial charge in [-0.15, -0.1) is 0 Å². The monoisotopic (exact) mass is 192 g/mol. The van der Waals surface area contributed by atoms with Crippen molar-refractivity contribution >= 4 is 23.3 Å². The molecule has 0 bridgehead atoms. The maximum absolute atomic E-state index is 5.16. The van der Waals surface area contributed by atoms with Gasteiger partial charge in [-0.05, 0) is 5.56 Å². The molecule has 68 valence electrons. The van der Waals surface area contributed by atoms with Crippen LogP contribution in [0.1, 0.15) is 5.56 Å². The van der Waals surface area contributed by atoms with E-state index in [4.69, 9.17) is 12.2 Å². The Morgan fingerprint density at radius 3 is 2.46 bits per heavy atom. The second-order valence-electron chi connectivity index (χ2n) is 2.82. The summed E-state index contributed by atoms with van der Waals surface area (Å²) >= 11 is 5.16. The molecular weight excluding hydrogens is 180 g/mol. The van der Waals surface area contributed by atoms with Crippen molar-refractivity contribution in [3.8, 4) is 0 Å². The lowest BCUT2D eigenvalue weighted by Gasteiger charge is -2.02. The molecule has 0 aliphatic rings. The highest BCUT2D eigenvalue weighted by Crippen LogP contribution is 1.99. The SMILES string of the molecule is CN(C)N=CC(=S)c1ccccc1. The van der Waals surface area contributed by atoms with Crippen LogP contribution in [0.3, 0.4) is 0 Å². The Kier molecular flexibility index (Phi) is 3.58. The lowest BCUT2D eigenvalue weighted by Crippen LogP contribution is -2.06. The summed E-state index contributed by atoms with van der Waals surface area (Å²) in [5.74, 6) is 0. The summed E-state index contributed by atoms with van der Waals surface area (Å²) in [7, 11) is 3.73. The number of nitrogens with zero attached hydrogens (tertiary/aromatic N) is 2. The van der Waals surface area contributed by atoms with E-state index in [1.54, 1.807) is 11.2 Å². The van der Waals surface area contributed by atoms with Crippen LogP contribution in [0.5, 0.6) is 0 Å². The second kappa shape index (κ2) is 4.72. The van der Waals surface area contributed by atoms with Crippen molar-refractivity contribution in [1.82, 2.24) is 5.01 Å². The van der Waals surface area contributed by atoms with Crippen LogP contribution in [-0.4, -0.2) is 30.2 Å². The van der Waals surface area contributed by atoms with Crippen molar-refractivity contribution in [3.63, 3.8) is 0 Å². The van der Waals surface area contributed by atoms with Crippen LogP contribution in [0.2, 0.25) is 0 Å². The van der Waals surface area contributed by atoms with Crippen LogP contribution in [-0.2, 0) is 0 Å². The Hall–Kier alpha value is -1.22. The average Bonchev–Trinajstić information content (AvgIpc) is 2.15. The van der Waals surface area contributed by atoms with Gasteiger partial charge in [0.25, 0.3) is 0 Å². The molecule has 0 heterocycles. The molecule has 0 fully saturated rings. The van der Waals surface area contributed by atoms with E-state index < -0.39 is 0 Å². The van der Waals surface area contributed by atoms with Gasteiger partial charge in [-0.3, -0.25) is 0 Å². The lowest BCUT2D eigenvalue weighted by molar-refractivity contribution is 0.441. The molecule has 0 saturated carbocycles. The van der Waals surface area contributed by atoms with E-state index in [9.17, 15) is 0 Å². The minimum atomic E-state index is 0.759. The Balaban J connectivity index is 2.70. The van der Waals surface area contributed by atoms with Gasteiger partial charge in [0.15, 0.2) is 0 Å². The molecule has 3 heteroatoms. The first-order chi connectivity index (χ1) is 6.20. The lowest BCUT2D eigenvalue weighted by atomic mass is 10.2. The molecule has 0 N–H and O–H groups in total. The summed E-state index contributed by atoms with van der Waals surface area (Å²) in [6.45, 7) is 0. The average molecular weight is 192 g/mol. The molecule has 1 aromatic carbocycles. The standard InChI is InChI=1S/C10H12N2S/c1-12(2)11-8-10(13)9-6-4-3-5-7-9/h3-8H,1-2H3. The van der Waals surface area contributed by atoms with Crippen LogP contribution in [0.15, 0.2) is 35.4 Å². The molecule has 0 aromatic heterocycles. The molecule has 0 radical (unpaired) electrons. The van der Waals surface area contributed by atoms with Crippen LogP contribution >= 0.6 is 12.2 Å². The molecule has 0 spiro atoms. The van der Waals surface area contributed by atoms with Gasteiger partial charge in [0.1, 0.15) is 0 Å². The number of hydrogen-bond donors (Lipinski definition) is 0. The summed E-state index contributed by atoms with van der Waals surface area (Å²) in [5, 5.41) is 5.79. The molecule has 0 aliphatic heterocycles. The number of rotatable bonds is 3. The Bertz CT molecular complexity index is 304. The normalized spacial score (nSPS) is 10.3.